The average Bonchev–Trinajstić information content (AvgIpc) is 2.80. The summed E-state index contributed by atoms with van der Waals surface area (Å²) in [6.45, 7) is 9.54. The summed E-state index contributed by atoms with van der Waals surface area (Å²) in [6, 6.07) is 15.1. The molecule has 0 saturated carbocycles. The zero-order valence-corrected chi connectivity index (χ0v) is 21.8. The Morgan fingerprint density at radius 2 is 1.65 bits per heavy atom. The highest BCUT2D eigenvalue weighted by Gasteiger charge is 2.25. The molecular weight excluding hydrogens is 467 g/mol. The molecule has 0 spiro atoms. The summed E-state index contributed by atoms with van der Waals surface area (Å²) in [5, 5.41) is 1.25. The topological polar surface area (TPSA) is 39.7 Å². The van der Waals surface area contributed by atoms with Crippen LogP contribution in [0.5, 0.6) is 0 Å². The van der Waals surface area contributed by atoms with Crippen LogP contribution >= 0.6 is 24.8 Å². The molecule has 0 bridgehead atoms. The van der Waals surface area contributed by atoms with Crippen LogP contribution in [0.15, 0.2) is 42.5 Å². The van der Waals surface area contributed by atoms with Crippen molar-refractivity contribution in [1.29, 1.82) is 0 Å². The van der Waals surface area contributed by atoms with Gasteiger partial charge in [0.05, 0.1) is 5.52 Å². The number of halogens is 2. The molecule has 3 heterocycles. The Labute approximate surface area is 215 Å². The molecule has 7 heteroatoms. The Kier molecular flexibility index (Phi) is 8.45. The number of aryl methyl sites for hydroxylation is 2. The van der Waals surface area contributed by atoms with E-state index < -0.39 is 0 Å². The largest absolute Gasteiger partial charge is 0.368 e. The minimum absolute atomic E-state index is 0. The number of anilines is 2. The number of hydrogen-bond donors (Lipinski definition) is 0. The van der Waals surface area contributed by atoms with Gasteiger partial charge in [0, 0.05) is 68.6 Å². The van der Waals surface area contributed by atoms with Gasteiger partial charge in [0.2, 0.25) is 5.91 Å². The van der Waals surface area contributed by atoms with E-state index in [2.05, 4.69) is 59.2 Å². The van der Waals surface area contributed by atoms with Gasteiger partial charge in [-0.15, -0.1) is 24.8 Å². The zero-order valence-electron chi connectivity index (χ0n) is 20.2. The fourth-order valence-electron chi connectivity index (χ4n) is 5.27. The molecular formula is C27H34Cl2N4O. The summed E-state index contributed by atoms with van der Waals surface area (Å²) in [4.78, 5) is 23.7. The number of hydrogen-bond acceptors (Lipinski definition) is 4. The number of amides is 1. The molecule has 3 aromatic rings. The lowest BCUT2D eigenvalue weighted by Gasteiger charge is -2.37. The summed E-state index contributed by atoms with van der Waals surface area (Å²) >= 11 is 0. The Morgan fingerprint density at radius 1 is 0.882 bits per heavy atom. The fourth-order valence-corrected chi connectivity index (χ4v) is 5.27. The maximum Gasteiger partial charge on any atom is 0.227 e. The average molecular weight is 502 g/mol. The Bertz CT molecular complexity index is 1170. The molecule has 2 aliphatic rings. The molecule has 1 saturated heterocycles. The van der Waals surface area contributed by atoms with Gasteiger partial charge < -0.3 is 9.80 Å². The minimum atomic E-state index is 0. The lowest BCUT2D eigenvalue weighted by molar-refractivity contribution is -0.118. The van der Waals surface area contributed by atoms with Crippen LogP contribution in [0.2, 0.25) is 0 Å². The lowest BCUT2D eigenvalue weighted by atomic mass is 9.91. The molecule has 0 atom stereocenters. The molecule has 5 rings (SSSR count). The van der Waals surface area contributed by atoms with Crippen molar-refractivity contribution >= 4 is 53.0 Å². The number of pyridine rings is 1. The number of aromatic nitrogens is 1. The van der Waals surface area contributed by atoms with Gasteiger partial charge in [-0.1, -0.05) is 12.1 Å². The lowest BCUT2D eigenvalue weighted by Crippen LogP contribution is -2.47. The number of carbonyl (C=O) groups is 1. The first-order chi connectivity index (χ1) is 15.5. The fraction of sp³-hybridized carbons (Fsp3) is 0.407. The van der Waals surface area contributed by atoms with Crippen LogP contribution in [-0.2, 0) is 17.6 Å². The second-order valence-electron chi connectivity index (χ2n) is 9.19. The van der Waals surface area contributed by atoms with Gasteiger partial charge in [0.25, 0.3) is 0 Å². The van der Waals surface area contributed by atoms with Crippen LogP contribution in [0.1, 0.15) is 28.8 Å². The molecule has 2 aliphatic heterocycles. The van der Waals surface area contributed by atoms with Crippen LogP contribution < -0.4 is 9.80 Å². The molecule has 5 nitrogen and oxygen atoms in total. The summed E-state index contributed by atoms with van der Waals surface area (Å²) in [5.74, 6) is 0.224. The zero-order chi connectivity index (χ0) is 22.2. The van der Waals surface area contributed by atoms with Crippen molar-refractivity contribution in [3.8, 4) is 0 Å². The van der Waals surface area contributed by atoms with Crippen LogP contribution in [0, 0.1) is 13.8 Å². The highest BCUT2D eigenvalue weighted by Crippen LogP contribution is 2.32. The summed E-state index contributed by atoms with van der Waals surface area (Å²) in [6.07, 6.45) is 2.55. The van der Waals surface area contributed by atoms with E-state index in [1.54, 1.807) is 0 Å². The molecule has 1 amide bonds. The number of benzene rings is 2. The van der Waals surface area contributed by atoms with Gasteiger partial charge in [0.15, 0.2) is 0 Å². The van der Waals surface area contributed by atoms with Gasteiger partial charge in [-0.2, -0.15) is 0 Å². The first-order valence-corrected chi connectivity index (χ1v) is 11.7. The van der Waals surface area contributed by atoms with Gasteiger partial charge in [-0.3, -0.25) is 14.7 Å². The Hall–Kier alpha value is -2.34. The van der Waals surface area contributed by atoms with Crippen molar-refractivity contribution in [2.24, 2.45) is 0 Å². The van der Waals surface area contributed by atoms with E-state index in [0.29, 0.717) is 6.42 Å². The molecule has 1 aromatic heterocycles. The second-order valence-corrected chi connectivity index (χ2v) is 9.19. The molecule has 34 heavy (non-hydrogen) atoms. The Morgan fingerprint density at radius 3 is 2.41 bits per heavy atom. The summed E-state index contributed by atoms with van der Waals surface area (Å²) in [5.41, 5.74) is 8.72. The van der Waals surface area contributed by atoms with Crippen molar-refractivity contribution in [1.82, 2.24) is 9.88 Å². The quantitative estimate of drug-likeness (QED) is 0.506. The first-order valence-electron chi connectivity index (χ1n) is 11.7. The number of fused-ring (bicyclic) bond motifs is 2. The predicted molar refractivity (Wildman–Crippen MR) is 146 cm³/mol. The van der Waals surface area contributed by atoms with Crippen LogP contribution in [0.4, 0.5) is 11.4 Å². The third kappa shape index (κ3) is 5.02. The predicted octanol–water partition coefficient (Wildman–Crippen LogP) is 4.97. The molecule has 0 radical (unpaired) electrons. The van der Waals surface area contributed by atoms with E-state index >= 15 is 0 Å². The van der Waals surface area contributed by atoms with Crippen molar-refractivity contribution < 1.29 is 4.79 Å². The number of nitrogens with zero attached hydrogens (tertiary/aromatic N) is 4. The number of piperazine rings is 1. The highest BCUT2D eigenvalue weighted by atomic mass is 35.5. The maximum absolute atomic E-state index is 12.1. The van der Waals surface area contributed by atoms with E-state index in [-0.39, 0.29) is 30.7 Å². The van der Waals surface area contributed by atoms with Gasteiger partial charge >= 0.3 is 0 Å². The van der Waals surface area contributed by atoms with Crippen molar-refractivity contribution in [2.75, 3.05) is 49.6 Å². The van der Waals surface area contributed by atoms with Gasteiger partial charge in [-0.25, -0.2) is 0 Å². The highest BCUT2D eigenvalue weighted by molar-refractivity contribution is 5.96. The SMILES string of the molecule is Cc1ccc2c(N3CCN(CCc4c(C)ccc5c4CCC(=O)N5C)CC3)cccc2n1.Cl.Cl. The maximum atomic E-state index is 12.1. The van der Waals surface area contributed by atoms with E-state index in [4.69, 9.17) is 4.98 Å². The molecule has 2 aromatic carbocycles. The third-order valence-corrected chi connectivity index (χ3v) is 7.20. The first kappa shape index (κ1) is 26.3. The minimum Gasteiger partial charge on any atom is -0.368 e. The smallest absolute Gasteiger partial charge is 0.227 e. The third-order valence-electron chi connectivity index (χ3n) is 7.20. The van der Waals surface area contributed by atoms with Crippen LogP contribution in [-0.4, -0.2) is 55.6 Å². The normalized spacial score (nSPS) is 16.1. The van der Waals surface area contributed by atoms with Gasteiger partial charge in [0.1, 0.15) is 0 Å². The van der Waals surface area contributed by atoms with E-state index in [1.807, 2.05) is 18.9 Å². The van der Waals surface area contributed by atoms with Gasteiger partial charge in [-0.05, 0) is 73.7 Å². The molecule has 0 aliphatic carbocycles. The molecule has 182 valence electrons. The standard InChI is InChI=1S/C27H32N4O.2ClH/c1-19-7-11-25-22(10-12-27(32)29(25)3)21(19)13-14-30-15-17-31(18-16-30)26-6-4-5-24-23(26)9-8-20(2)28-24;;/h4-9,11H,10,12-18H2,1-3H3;2*1H. The van der Waals surface area contributed by atoms with Crippen molar-refractivity contribution in [3.05, 3.63) is 64.8 Å². The van der Waals surface area contributed by atoms with Crippen molar-refractivity contribution in [2.45, 2.75) is 33.1 Å². The van der Waals surface area contributed by atoms with E-state index in [9.17, 15) is 4.79 Å². The number of rotatable bonds is 4. The van der Waals surface area contributed by atoms with E-state index in [0.717, 1.165) is 62.5 Å². The monoisotopic (exact) mass is 500 g/mol. The van der Waals surface area contributed by atoms with Crippen molar-refractivity contribution in [3.63, 3.8) is 0 Å². The number of carbonyl (C=O) groups excluding carboxylic acids is 1. The second kappa shape index (κ2) is 10.9. The van der Waals surface area contributed by atoms with Crippen LogP contribution in [0.3, 0.4) is 0 Å². The molecule has 0 unspecified atom stereocenters. The summed E-state index contributed by atoms with van der Waals surface area (Å²) in [7, 11) is 1.91. The Balaban J connectivity index is 0.00000162. The molecule has 1 fully saturated rings. The summed E-state index contributed by atoms with van der Waals surface area (Å²) < 4.78 is 0. The van der Waals surface area contributed by atoms with Crippen LogP contribution in [0.25, 0.3) is 10.9 Å². The van der Waals surface area contributed by atoms with E-state index in [1.165, 1.54) is 27.8 Å². The molecule has 0 N–H and O–H groups in total.